The summed E-state index contributed by atoms with van der Waals surface area (Å²) < 4.78 is 0. The van der Waals surface area contributed by atoms with Gasteiger partial charge in [0.05, 0.1) is 4.91 Å². The van der Waals surface area contributed by atoms with Gasteiger partial charge in [-0.25, -0.2) is 4.79 Å². The Bertz CT molecular complexity index is 632. The Morgan fingerprint density at radius 1 is 0.960 bits per heavy atom. The molecular weight excluding hydrogens is 332 g/mol. The lowest BCUT2D eigenvalue weighted by Gasteiger charge is -2.28. The van der Waals surface area contributed by atoms with Crippen molar-refractivity contribution in [3.05, 3.63) is 33.7 Å². The van der Waals surface area contributed by atoms with Crippen LogP contribution in [0.15, 0.2) is 27.5 Å². The molecule has 0 bridgehead atoms. The average molecular weight is 365 g/mol. The van der Waals surface area contributed by atoms with E-state index in [0.717, 1.165) is 34.4 Å². The number of aromatic hydroxyl groups is 1. The van der Waals surface area contributed by atoms with E-state index in [1.807, 2.05) is 26.0 Å². The highest BCUT2D eigenvalue weighted by atomic mass is 32.2. The quantitative estimate of drug-likeness (QED) is 0.480. The normalized spacial score (nSPS) is 12.2. The number of carbonyl (C=O) groups is 1. The Balaban J connectivity index is 3.61. The molecule has 0 spiro atoms. The summed E-state index contributed by atoms with van der Waals surface area (Å²) >= 11 is 1.29. The molecule has 4 heteroatoms. The number of phenolic OH excluding ortho intramolecular Hbond substituents is 1. The van der Waals surface area contributed by atoms with Crippen molar-refractivity contribution in [1.82, 2.24) is 0 Å². The van der Waals surface area contributed by atoms with E-state index < -0.39 is 5.97 Å². The van der Waals surface area contributed by atoms with Gasteiger partial charge in [-0.05, 0) is 41.4 Å². The van der Waals surface area contributed by atoms with Crippen LogP contribution in [0.1, 0.15) is 79.4 Å². The lowest BCUT2D eigenvalue weighted by Crippen LogP contribution is -2.17. The Morgan fingerprint density at radius 2 is 1.36 bits per heavy atom. The molecule has 1 aromatic rings. The number of phenols is 1. The van der Waals surface area contributed by atoms with Crippen molar-refractivity contribution in [2.24, 2.45) is 0 Å². The van der Waals surface area contributed by atoms with Crippen molar-refractivity contribution < 1.29 is 15.0 Å². The molecule has 3 nitrogen and oxygen atoms in total. The first-order valence-electron chi connectivity index (χ1n) is 8.84. The van der Waals surface area contributed by atoms with Gasteiger partial charge in [-0.3, -0.25) is 0 Å². The van der Waals surface area contributed by atoms with Gasteiger partial charge in [-0.2, -0.15) is 0 Å². The van der Waals surface area contributed by atoms with E-state index in [1.165, 1.54) is 11.8 Å². The van der Waals surface area contributed by atoms with Crippen molar-refractivity contribution in [1.29, 1.82) is 0 Å². The Morgan fingerprint density at radius 3 is 1.64 bits per heavy atom. The van der Waals surface area contributed by atoms with Crippen LogP contribution in [0, 0.1) is 0 Å². The number of carboxylic acids is 1. The maximum Gasteiger partial charge on any atom is 0.342 e. The average Bonchev–Trinajstić information content (AvgIpc) is 2.46. The molecule has 1 aromatic carbocycles. The first-order chi connectivity index (χ1) is 11.3. The number of aliphatic carboxylic acids is 1. The molecule has 1 rings (SSSR count). The third-order valence-corrected chi connectivity index (χ3v) is 5.43. The number of hydrogen-bond donors (Lipinski definition) is 2. The smallest absolute Gasteiger partial charge is 0.342 e. The molecule has 0 fully saturated rings. The van der Waals surface area contributed by atoms with Crippen molar-refractivity contribution in [2.45, 2.75) is 84.0 Å². The zero-order valence-corrected chi connectivity index (χ0v) is 17.6. The van der Waals surface area contributed by atoms with Crippen LogP contribution in [0.5, 0.6) is 5.75 Å². The van der Waals surface area contributed by atoms with Gasteiger partial charge < -0.3 is 10.2 Å². The minimum Gasteiger partial charge on any atom is -0.507 e. The van der Waals surface area contributed by atoms with E-state index in [-0.39, 0.29) is 10.8 Å². The Labute approximate surface area is 156 Å². The summed E-state index contributed by atoms with van der Waals surface area (Å²) in [4.78, 5) is 13.0. The molecule has 2 N–H and O–H groups in total. The first-order valence-corrected chi connectivity index (χ1v) is 9.65. The van der Waals surface area contributed by atoms with E-state index in [9.17, 15) is 15.0 Å². The fraction of sp³-hybridized carbons (Fsp3) is 0.571. The van der Waals surface area contributed by atoms with Crippen LogP contribution >= 0.6 is 11.8 Å². The SMILES string of the molecule is CCC(CC)=C(Sc1cc(C(C)(C)C)c(O)c(C(C)(C)C)c1)C(=O)O. The van der Waals surface area contributed by atoms with Crippen LogP contribution in [0.25, 0.3) is 0 Å². The van der Waals surface area contributed by atoms with Crippen molar-refractivity contribution in [3.63, 3.8) is 0 Å². The van der Waals surface area contributed by atoms with Gasteiger partial charge in [0, 0.05) is 16.0 Å². The van der Waals surface area contributed by atoms with Crippen molar-refractivity contribution in [3.8, 4) is 5.75 Å². The molecule has 25 heavy (non-hydrogen) atoms. The summed E-state index contributed by atoms with van der Waals surface area (Å²) in [6, 6.07) is 3.86. The molecule has 0 heterocycles. The highest BCUT2D eigenvalue weighted by molar-refractivity contribution is 8.04. The molecule has 0 aliphatic carbocycles. The van der Waals surface area contributed by atoms with E-state index in [2.05, 4.69) is 41.5 Å². The standard InChI is InChI=1S/C21H32O3S/c1-9-13(10-2)18(19(23)24)25-14-11-15(20(3,4)5)17(22)16(12-14)21(6,7)8/h11-12,22H,9-10H2,1-8H3,(H,23,24). The predicted octanol–water partition coefficient (Wildman–Crippen LogP) is 6.24. The molecule has 0 radical (unpaired) electrons. The highest BCUT2D eigenvalue weighted by Crippen LogP contribution is 2.43. The minimum absolute atomic E-state index is 0.230. The van der Waals surface area contributed by atoms with Gasteiger partial charge in [0.15, 0.2) is 0 Å². The summed E-state index contributed by atoms with van der Waals surface area (Å²) in [7, 11) is 0. The Kier molecular flexibility index (Phi) is 6.80. The van der Waals surface area contributed by atoms with Gasteiger partial charge in [-0.1, -0.05) is 67.2 Å². The van der Waals surface area contributed by atoms with Crippen LogP contribution in [0.4, 0.5) is 0 Å². The molecule has 0 saturated carbocycles. The maximum absolute atomic E-state index is 11.8. The van der Waals surface area contributed by atoms with Crippen LogP contribution in [-0.4, -0.2) is 16.2 Å². The van der Waals surface area contributed by atoms with Crippen molar-refractivity contribution in [2.75, 3.05) is 0 Å². The second-order valence-electron chi connectivity index (χ2n) is 8.41. The Hall–Kier alpha value is -1.42. The zero-order valence-electron chi connectivity index (χ0n) is 16.8. The fourth-order valence-electron chi connectivity index (χ4n) is 2.77. The number of carboxylic acid groups (broad SMARTS) is 1. The lowest BCUT2D eigenvalue weighted by atomic mass is 9.79. The van der Waals surface area contributed by atoms with Gasteiger partial charge >= 0.3 is 5.97 Å². The highest BCUT2D eigenvalue weighted by Gasteiger charge is 2.27. The molecule has 0 unspecified atom stereocenters. The molecular formula is C21H32O3S. The van der Waals surface area contributed by atoms with E-state index in [0.29, 0.717) is 10.7 Å². The summed E-state index contributed by atoms with van der Waals surface area (Å²) in [5.74, 6) is -0.567. The van der Waals surface area contributed by atoms with Crippen LogP contribution in [0.3, 0.4) is 0 Å². The lowest BCUT2D eigenvalue weighted by molar-refractivity contribution is -0.131. The third kappa shape index (κ3) is 5.27. The largest absolute Gasteiger partial charge is 0.507 e. The molecule has 0 aromatic heterocycles. The van der Waals surface area contributed by atoms with Gasteiger partial charge in [-0.15, -0.1) is 0 Å². The predicted molar refractivity (Wildman–Crippen MR) is 107 cm³/mol. The molecule has 140 valence electrons. The number of rotatable bonds is 5. The topological polar surface area (TPSA) is 57.5 Å². The zero-order chi connectivity index (χ0) is 19.6. The first kappa shape index (κ1) is 21.6. The molecule has 0 saturated heterocycles. The number of allylic oxidation sites excluding steroid dienone is 1. The monoisotopic (exact) mass is 364 g/mol. The van der Waals surface area contributed by atoms with Crippen LogP contribution in [0.2, 0.25) is 0 Å². The van der Waals surface area contributed by atoms with E-state index >= 15 is 0 Å². The van der Waals surface area contributed by atoms with Crippen LogP contribution < -0.4 is 0 Å². The number of benzene rings is 1. The fourth-order valence-corrected chi connectivity index (χ4v) is 3.88. The van der Waals surface area contributed by atoms with E-state index in [4.69, 9.17) is 0 Å². The van der Waals surface area contributed by atoms with Gasteiger partial charge in [0.2, 0.25) is 0 Å². The second-order valence-corrected chi connectivity index (χ2v) is 9.50. The van der Waals surface area contributed by atoms with Gasteiger partial charge in [0.25, 0.3) is 0 Å². The number of thioether (sulfide) groups is 1. The summed E-state index contributed by atoms with van der Waals surface area (Å²) in [5, 5.41) is 20.4. The summed E-state index contributed by atoms with van der Waals surface area (Å²) in [6.07, 6.45) is 1.45. The molecule has 0 atom stereocenters. The van der Waals surface area contributed by atoms with Crippen LogP contribution in [-0.2, 0) is 15.6 Å². The molecule has 0 aliphatic heterocycles. The molecule has 0 amide bonds. The minimum atomic E-state index is -0.883. The number of hydrogen-bond acceptors (Lipinski definition) is 3. The second kappa shape index (κ2) is 7.86. The van der Waals surface area contributed by atoms with E-state index in [1.54, 1.807) is 0 Å². The third-order valence-electron chi connectivity index (χ3n) is 4.29. The van der Waals surface area contributed by atoms with Crippen molar-refractivity contribution >= 4 is 17.7 Å². The summed E-state index contributed by atoms with van der Waals surface area (Å²) in [6.45, 7) is 16.3. The molecule has 0 aliphatic rings. The summed E-state index contributed by atoms with van der Waals surface area (Å²) in [5.41, 5.74) is 2.18. The van der Waals surface area contributed by atoms with Gasteiger partial charge in [0.1, 0.15) is 5.75 Å². The maximum atomic E-state index is 11.8.